The zero-order valence-electron chi connectivity index (χ0n) is 9.77. The summed E-state index contributed by atoms with van der Waals surface area (Å²) in [5.74, 6) is 1.49. The number of nitrogens with two attached hydrogens (primary N) is 1. The van der Waals surface area contributed by atoms with Crippen LogP contribution in [0, 0.1) is 0 Å². The average Bonchev–Trinajstić information content (AvgIpc) is 2.29. The monoisotopic (exact) mass is 241 g/mol. The van der Waals surface area contributed by atoms with Crippen molar-refractivity contribution in [2.75, 3.05) is 18.1 Å². The van der Waals surface area contributed by atoms with E-state index in [2.05, 4.69) is 0 Å². The Bertz CT molecular complexity index is 331. The van der Waals surface area contributed by atoms with E-state index in [0.29, 0.717) is 12.4 Å². The number of aliphatic hydroxyl groups excluding tert-OH is 1. The van der Waals surface area contributed by atoms with Gasteiger partial charge in [0, 0.05) is 16.3 Å². The van der Waals surface area contributed by atoms with E-state index in [4.69, 9.17) is 10.5 Å². The van der Waals surface area contributed by atoms with Gasteiger partial charge in [-0.25, -0.2) is 0 Å². The van der Waals surface area contributed by atoms with Crippen LogP contribution in [-0.4, -0.2) is 23.6 Å². The molecule has 16 heavy (non-hydrogen) atoms. The Hall–Kier alpha value is -0.870. The van der Waals surface area contributed by atoms with Crippen molar-refractivity contribution in [2.24, 2.45) is 0 Å². The minimum atomic E-state index is -0.278. The molecule has 4 heteroatoms. The lowest BCUT2D eigenvalue weighted by Gasteiger charge is -2.11. The van der Waals surface area contributed by atoms with Crippen molar-refractivity contribution < 1.29 is 9.84 Å². The molecule has 0 radical (unpaired) electrons. The van der Waals surface area contributed by atoms with E-state index in [-0.39, 0.29) is 6.10 Å². The second kappa shape index (κ2) is 6.66. The van der Waals surface area contributed by atoms with Gasteiger partial charge in [0.15, 0.2) is 0 Å². The van der Waals surface area contributed by atoms with Crippen LogP contribution < -0.4 is 10.5 Å². The number of rotatable bonds is 6. The quantitative estimate of drug-likeness (QED) is 0.593. The zero-order valence-corrected chi connectivity index (χ0v) is 10.6. The molecule has 0 saturated carbocycles. The summed E-state index contributed by atoms with van der Waals surface area (Å²) in [6.45, 7) is 4.56. The molecule has 1 atom stereocenters. The van der Waals surface area contributed by atoms with Crippen LogP contribution in [0.25, 0.3) is 0 Å². The lowest BCUT2D eigenvalue weighted by atomic mass is 10.3. The fraction of sp³-hybridized carbons (Fsp3) is 0.500. The number of hydrogen-bond acceptors (Lipinski definition) is 4. The van der Waals surface area contributed by atoms with Gasteiger partial charge < -0.3 is 15.6 Å². The Balaban J connectivity index is 2.66. The molecular formula is C12H19NO2S. The first-order valence-corrected chi connectivity index (χ1v) is 6.49. The van der Waals surface area contributed by atoms with E-state index >= 15 is 0 Å². The summed E-state index contributed by atoms with van der Waals surface area (Å²) in [4.78, 5) is 0.971. The highest BCUT2D eigenvalue weighted by Crippen LogP contribution is 2.29. The molecule has 0 spiro atoms. The first-order valence-electron chi connectivity index (χ1n) is 5.50. The summed E-state index contributed by atoms with van der Waals surface area (Å²) < 4.78 is 5.40. The van der Waals surface area contributed by atoms with E-state index in [1.165, 1.54) is 0 Å². The van der Waals surface area contributed by atoms with Crippen LogP contribution in [0.15, 0.2) is 23.1 Å². The van der Waals surface area contributed by atoms with Crippen molar-refractivity contribution in [1.82, 2.24) is 0 Å². The van der Waals surface area contributed by atoms with Crippen molar-refractivity contribution in [3.05, 3.63) is 18.2 Å². The highest BCUT2D eigenvalue weighted by molar-refractivity contribution is 7.99. The van der Waals surface area contributed by atoms with Crippen LogP contribution in [0.2, 0.25) is 0 Å². The highest BCUT2D eigenvalue weighted by atomic mass is 32.2. The van der Waals surface area contributed by atoms with E-state index < -0.39 is 0 Å². The number of hydrogen-bond donors (Lipinski definition) is 2. The van der Waals surface area contributed by atoms with E-state index in [1.54, 1.807) is 11.8 Å². The standard InChI is InChI=1S/C12H19NO2S/c1-3-9(14)8-16-12-7-10(15-4-2)5-6-11(12)13/h5-7,9,14H,3-4,8,13H2,1-2H3. The number of benzene rings is 1. The maximum Gasteiger partial charge on any atom is 0.120 e. The SMILES string of the molecule is CCOc1ccc(N)c(SCC(O)CC)c1. The van der Waals surface area contributed by atoms with E-state index in [0.717, 1.165) is 22.8 Å². The van der Waals surface area contributed by atoms with Gasteiger partial charge in [-0.1, -0.05) is 6.92 Å². The number of ether oxygens (including phenoxy) is 1. The predicted molar refractivity (Wildman–Crippen MR) is 69.0 cm³/mol. The van der Waals surface area contributed by atoms with Gasteiger partial charge in [0.25, 0.3) is 0 Å². The molecule has 0 aliphatic carbocycles. The Labute approximate surface area is 101 Å². The van der Waals surface area contributed by atoms with Crippen LogP contribution >= 0.6 is 11.8 Å². The molecule has 0 saturated heterocycles. The third kappa shape index (κ3) is 3.94. The normalized spacial score (nSPS) is 12.4. The van der Waals surface area contributed by atoms with Gasteiger partial charge in [-0.15, -0.1) is 11.8 Å². The average molecular weight is 241 g/mol. The summed E-state index contributed by atoms with van der Waals surface area (Å²) >= 11 is 1.56. The Kier molecular flexibility index (Phi) is 5.49. The summed E-state index contributed by atoms with van der Waals surface area (Å²) in [5, 5.41) is 9.49. The number of thioether (sulfide) groups is 1. The topological polar surface area (TPSA) is 55.5 Å². The van der Waals surface area contributed by atoms with Crippen molar-refractivity contribution in [1.29, 1.82) is 0 Å². The number of nitrogen functional groups attached to an aromatic ring is 1. The maximum absolute atomic E-state index is 9.49. The summed E-state index contributed by atoms with van der Waals surface area (Å²) in [7, 11) is 0. The van der Waals surface area contributed by atoms with Gasteiger partial charge in [-0.05, 0) is 31.5 Å². The van der Waals surface area contributed by atoms with E-state index in [1.807, 2.05) is 32.0 Å². The first kappa shape index (κ1) is 13.2. The maximum atomic E-state index is 9.49. The second-order valence-corrected chi connectivity index (χ2v) is 4.57. The van der Waals surface area contributed by atoms with Crippen molar-refractivity contribution >= 4 is 17.4 Å². The fourth-order valence-electron chi connectivity index (χ4n) is 1.20. The molecule has 0 heterocycles. The number of anilines is 1. The van der Waals surface area contributed by atoms with Gasteiger partial charge in [-0.2, -0.15) is 0 Å². The van der Waals surface area contributed by atoms with Gasteiger partial charge in [-0.3, -0.25) is 0 Å². The molecule has 1 unspecified atom stereocenters. The molecule has 0 bridgehead atoms. The van der Waals surface area contributed by atoms with Crippen molar-refractivity contribution in [3.63, 3.8) is 0 Å². The van der Waals surface area contributed by atoms with Gasteiger partial charge >= 0.3 is 0 Å². The van der Waals surface area contributed by atoms with Crippen molar-refractivity contribution in [2.45, 2.75) is 31.3 Å². The third-order valence-electron chi connectivity index (χ3n) is 2.20. The van der Waals surface area contributed by atoms with Crippen LogP contribution in [0.4, 0.5) is 5.69 Å². The minimum Gasteiger partial charge on any atom is -0.494 e. The van der Waals surface area contributed by atoms with Gasteiger partial charge in [0.05, 0.1) is 12.7 Å². The molecule has 0 aliphatic rings. The first-order chi connectivity index (χ1) is 7.67. The molecule has 1 rings (SSSR count). The molecule has 3 nitrogen and oxygen atoms in total. The van der Waals surface area contributed by atoms with Crippen LogP contribution in [-0.2, 0) is 0 Å². The molecular weight excluding hydrogens is 222 g/mol. The van der Waals surface area contributed by atoms with Gasteiger partial charge in [0.2, 0.25) is 0 Å². The lowest BCUT2D eigenvalue weighted by molar-refractivity contribution is 0.195. The summed E-state index contributed by atoms with van der Waals surface area (Å²) in [6.07, 6.45) is 0.484. The largest absolute Gasteiger partial charge is 0.494 e. The Morgan fingerprint density at radius 2 is 2.19 bits per heavy atom. The molecule has 0 aliphatic heterocycles. The van der Waals surface area contributed by atoms with Crippen molar-refractivity contribution in [3.8, 4) is 5.75 Å². The third-order valence-corrected chi connectivity index (χ3v) is 3.41. The summed E-state index contributed by atoms with van der Waals surface area (Å²) in [6, 6.07) is 5.62. The second-order valence-electron chi connectivity index (χ2n) is 3.51. The zero-order chi connectivity index (χ0) is 12.0. The predicted octanol–water partition coefficient (Wildman–Crippen LogP) is 2.53. The Morgan fingerprint density at radius 3 is 2.81 bits per heavy atom. The Morgan fingerprint density at radius 1 is 1.44 bits per heavy atom. The van der Waals surface area contributed by atoms with Crippen LogP contribution in [0.5, 0.6) is 5.75 Å². The smallest absolute Gasteiger partial charge is 0.120 e. The van der Waals surface area contributed by atoms with Gasteiger partial charge in [0.1, 0.15) is 5.75 Å². The van der Waals surface area contributed by atoms with E-state index in [9.17, 15) is 5.11 Å². The molecule has 1 aromatic carbocycles. The lowest BCUT2D eigenvalue weighted by Crippen LogP contribution is -2.07. The number of aliphatic hydroxyl groups is 1. The molecule has 3 N–H and O–H groups in total. The molecule has 90 valence electrons. The molecule has 0 fully saturated rings. The molecule has 0 aromatic heterocycles. The minimum absolute atomic E-state index is 0.278. The van der Waals surface area contributed by atoms with Crippen LogP contribution in [0.3, 0.4) is 0 Å². The summed E-state index contributed by atoms with van der Waals surface area (Å²) in [5.41, 5.74) is 6.59. The molecule has 1 aromatic rings. The molecule has 0 amide bonds. The highest BCUT2D eigenvalue weighted by Gasteiger charge is 2.06. The van der Waals surface area contributed by atoms with Crippen LogP contribution in [0.1, 0.15) is 20.3 Å². The fourth-order valence-corrected chi connectivity index (χ4v) is 2.24.